The Labute approximate surface area is 129 Å². The second-order valence-corrected chi connectivity index (χ2v) is 5.81. The van der Waals surface area contributed by atoms with Gasteiger partial charge >= 0.3 is 0 Å². The predicted octanol–water partition coefficient (Wildman–Crippen LogP) is 3.41. The van der Waals surface area contributed by atoms with E-state index >= 15 is 0 Å². The largest absolute Gasteiger partial charge is 0.316 e. The molecule has 0 saturated carbocycles. The van der Waals surface area contributed by atoms with Gasteiger partial charge in [0.05, 0.1) is 5.69 Å². The first-order valence-electron chi connectivity index (χ1n) is 6.61. The number of benzene rings is 1. The van der Waals surface area contributed by atoms with Gasteiger partial charge in [-0.25, -0.2) is 0 Å². The smallest absolute Gasteiger partial charge is 0.0596 e. The van der Waals surface area contributed by atoms with Gasteiger partial charge < -0.3 is 5.32 Å². The topological polar surface area (TPSA) is 29.9 Å². The van der Waals surface area contributed by atoms with E-state index in [4.69, 9.17) is 23.2 Å². The van der Waals surface area contributed by atoms with Gasteiger partial charge in [0, 0.05) is 35.2 Å². The molecule has 0 aliphatic carbocycles. The fraction of sp³-hybridized carbons (Fsp3) is 0.400. The monoisotopic (exact) mass is 311 g/mol. The molecule has 0 aliphatic heterocycles. The van der Waals surface area contributed by atoms with Crippen molar-refractivity contribution in [3.05, 3.63) is 51.3 Å². The molecule has 0 spiro atoms. The summed E-state index contributed by atoms with van der Waals surface area (Å²) in [6, 6.07) is 8.00. The van der Waals surface area contributed by atoms with Crippen LogP contribution >= 0.6 is 23.2 Å². The number of likely N-dealkylation sites (N-methyl/N-ethyl adjacent to an activating group) is 1. The SMILES string of the molecule is CNC(Cc1c(Cl)cccc1Cl)Cc1cc(C)nn1C. The number of aryl methyl sites for hydroxylation is 2. The predicted molar refractivity (Wildman–Crippen MR) is 84.7 cm³/mol. The first-order valence-corrected chi connectivity index (χ1v) is 7.36. The van der Waals surface area contributed by atoms with Crippen molar-refractivity contribution in [2.45, 2.75) is 25.8 Å². The Kier molecular flexibility index (Phi) is 5.08. The zero-order valence-corrected chi connectivity index (χ0v) is 13.5. The Balaban J connectivity index is 2.15. The molecule has 1 aromatic heterocycles. The van der Waals surface area contributed by atoms with Crippen molar-refractivity contribution in [3.63, 3.8) is 0 Å². The van der Waals surface area contributed by atoms with Crippen LogP contribution in [0.15, 0.2) is 24.3 Å². The van der Waals surface area contributed by atoms with E-state index in [1.165, 1.54) is 5.69 Å². The summed E-state index contributed by atoms with van der Waals surface area (Å²) in [6.07, 6.45) is 1.68. The van der Waals surface area contributed by atoms with Crippen LogP contribution in [0, 0.1) is 6.92 Å². The van der Waals surface area contributed by atoms with E-state index in [1.54, 1.807) is 0 Å². The van der Waals surface area contributed by atoms with Crippen LogP contribution < -0.4 is 5.32 Å². The first kappa shape index (κ1) is 15.4. The maximum Gasteiger partial charge on any atom is 0.0596 e. The number of hydrogen-bond donors (Lipinski definition) is 1. The summed E-state index contributed by atoms with van der Waals surface area (Å²) in [7, 11) is 3.93. The second kappa shape index (κ2) is 6.61. The minimum absolute atomic E-state index is 0.266. The van der Waals surface area contributed by atoms with Gasteiger partial charge in [-0.3, -0.25) is 4.68 Å². The highest BCUT2D eigenvalue weighted by Gasteiger charge is 2.15. The number of aromatic nitrogens is 2. The highest BCUT2D eigenvalue weighted by atomic mass is 35.5. The summed E-state index contributed by atoms with van der Waals surface area (Å²) < 4.78 is 1.92. The van der Waals surface area contributed by atoms with E-state index in [2.05, 4.69) is 16.5 Å². The summed E-state index contributed by atoms with van der Waals surface area (Å²) in [4.78, 5) is 0. The summed E-state index contributed by atoms with van der Waals surface area (Å²) in [5.41, 5.74) is 3.23. The van der Waals surface area contributed by atoms with Crippen LogP contribution in [0.2, 0.25) is 10.0 Å². The molecule has 0 radical (unpaired) electrons. The second-order valence-electron chi connectivity index (χ2n) is 4.99. The van der Waals surface area contributed by atoms with Crippen molar-refractivity contribution in [2.75, 3.05) is 7.05 Å². The Morgan fingerprint density at radius 3 is 2.40 bits per heavy atom. The molecule has 0 aliphatic rings. The number of hydrogen-bond acceptors (Lipinski definition) is 2. The van der Waals surface area contributed by atoms with Crippen molar-refractivity contribution >= 4 is 23.2 Å². The van der Waals surface area contributed by atoms with Crippen LogP contribution in [-0.4, -0.2) is 22.9 Å². The molecule has 20 heavy (non-hydrogen) atoms. The van der Waals surface area contributed by atoms with Gasteiger partial charge in [0.25, 0.3) is 0 Å². The third-order valence-corrected chi connectivity index (χ3v) is 4.18. The van der Waals surface area contributed by atoms with Crippen LogP contribution in [0.5, 0.6) is 0 Å². The van der Waals surface area contributed by atoms with Crippen molar-refractivity contribution in [2.24, 2.45) is 7.05 Å². The average molecular weight is 312 g/mol. The van der Waals surface area contributed by atoms with Crippen LogP contribution in [0.4, 0.5) is 0 Å². The lowest BCUT2D eigenvalue weighted by Gasteiger charge is -2.18. The van der Waals surface area contributed by atoms with Crippen molar-refractivity contribution in [1.82, 2.24) is 15.1 Å². The summed E-state index contributed by atoms with van der Waals surface area (Å²) in [5, 5.41) is 9.15. The molecule has 1 atom stereocenters. The van der Waals surface area contributed by atoms with E-state index in [0.717, 1.165) is 34.1 Å². The zero-order chi connectivity index (χ0) is 14.7. The molecule has 1 N–H and O–H groups in total. The summed E-state index contributed by atoms with van der Waals surface area (Å²) in [5.74, 6) is 0. The molecule has 0 fully saturated rings. The van der Waals surface area contributed by atoms with Gasteiger partial charge in [-0.05, 0) is 44.2 Å². The number of nitrogens with zero attached hydrogens (tertiary/aromatic N) is 2. The summed E-state index contributed by atoms with van der Waals surface area (Å²) in [6.45, 7) is 2.00. The van der Waals surface area contributed by atoms with Gasteiger partial charge in [0.15, 0.2) is 0 Å². The number of halogens is 2. The Hall–Kier alpha value is -1.03. The molecular weight excluding hydrogens is 293 g/mol. The first-order chi connectivity index (χ1) is 9.51. The molecule has 3 nitrogen and oxygen atoms in total. The molecule has 0 saturated heterocycles. The van der Waals surface area contributed by atoms with Gasteiger partial charge in [0.1, 0.15) is 0 Å². The van der Waals surface area contributed by atoms with Crippen molar-refractivity contribution in [1.29, 1.82) is 0 Å². The lowest BCUT2D eigenvalue weighted by atomic mass is 10.0. The van der Waals surface area contributed by atoms with Crippen LogP contribution in [0.25, 0.3) is 0 Å². The van der Waals surface area contributed by atoms with Crippen LogP contribution in [0.3, 0.4) is 0 Å². The van der Waals surface area contributed by atoms with E-state index in [0.29, 0.717) is 0 Å². The lowest BCUT2D eigenvalue weighted by molar-refractivity contribution is 0.534. The van der Waals surface area contributed by atoms with Gasteiger partial charge in [-0.2, -0.15) is 5.10 Å². The van der Waals surface area contributed by atoms with Gasteiger partial charge in [0.2, 0.25) is 0 Å². The minimum atomic E-state index is 0.266. The quantitative estimate of drug-likeness (QED) is 0.917. The highest BCUT2D eigenvalue weighted by Crippen LogP contribution is 2.26. The standard InChI is InChI=1S/C15H19Cl2N3/c1-10-7-12(20(3)19-10)8-11(18-2)9-13-14(16)5-4-6-15(13)17/h4-7,11,18H,8-9H2,1-3H3. The van der Waals surface area contributed by atoms with E-state index < -0.39 is 0 Å². The zero-order valence-electron chi connectivity index (χ0n) is 12.0. The van der Waals surface area contributed by atoms with Gasteiger partial charge in [-0.15, -0.1) is 0 Å². The normalized spacial score (nSPS) is 12.7. The van der Waals surface area contributed by atoms with Crippen molar-refractivity contribution < 1.29 is 0 Å². The maximum atomic E-state index is 6.24. The van der Waals surface area contributed by atoms with Crippen LogP contribution in [0.1, 0.15) is 17.0 Å². The molecule has 1 aromatic carbocycles. The maximum absolute atomic E-state index is 6.24. The fourth-order valence-corrected chi connectivity index (χ4v) is 2.91. The van der Waals surface area contributed by atoms with E-state index in [-0.39, 0.29) is 6.04 Å². The molecule has 108 valence electrons. The van der Waals surface area contributed by atoms with E-state index in [1.807, 2.05) is 43.9 Å². The molecule has 0 bridgehead atoms. The molecule has 0 amide bonds. The fourth-order valence-electron chi connectivity index (χ4n) is 2.36. The third kappa shape index (κ3) is 3.54. The average Bonchev–Trinajstić information content (AvgIpc) is 2.71. The number of rotatable bonds is 5. The number of nitrogens with one attached hydrogen (secondary N) is 1. The Morgan fingerprint density at radius 1 is 1.25 bits per heavy atom. The molecule has 2 rings (SSSR count). The third-order valence-electron chi connectivity index (χ3n) is 3.47. The van der Waals surface area contributed by atoms with Crippen molar-refractivity contribution in [3.8, 4) is 0 Å². The molecule has 1 unspecified atom stereocenters. The molecule has 2 aromatic rings. The molecular formula is C15H19Cl2N3. The van der Waals surface area contributed by atoms with E-state index in [9.17, 15) is 0 Å². The Morgan fingerprint density at radius 2 is 1.90 bits per heavy atom. The highest BCUT2D eigenvalue weighted by molar-refractivity contribution is 6.36. The van der Waals surface area contributed by atoms with Crippen LogP contribution in [-0.2, 0) is 19.9 Å². The van der Waals surface area contributed by atoms with Gasteiger partial charge in [-0.1, -0.05) is 29.3 Å². The Bertz CT molecular complexity index is 573. The summed E-state index contributed by atoms with van der Waals surface area (Å²) >= 11 is 12.5. The minimum Gasteiger partial charge on any atom is -0.316 e. The molecule has 1 heterocycles. The molecule has 5 heteroatoms. The lowest BCUT2D eigenvalue weighted by Crippen LogP contribution is -2.31.